The average Bonchev–Trinajstić information content (AvgIpc) is 2.69. The van der Waals surface area contributed by atoms with Gasteiger partial charge in [-0.1, -0.05) is 6.42 Å². The molecule has 4 nitrogen and oxygen atoms in total. The van der Waals surface area contributed by atoms with Gasteiger partial charge in [-0.05, 0) is 19.8 Å². The summed E-state index contributed by atoms with van der Waals surface area (Å²) in [5.41, 5.74) is 0.170. The zero-order valence-electron chi connectivity index (χ0n) is 9.89. The van der Waals surface area contributed by atoms with E-state index >= 15 is 0 Å². The third-order valence-corrected chi connectivity index (χ3v) is 3.62. The van der Waals surface area contributed by atoms with Crippen molar-refractivity contribution in [3.8, 4) is 0 Å². The van der Waals surface area contributed by atoms with Crippen LogP contribution in [-0.4, -0.2) is 33.9 Å². The minimum Gasteiger partial charge on any atom is -0.396 e. The number of aliphatic hydroxyl groups excluding tert-OH is 1. The van der Waals surface area contributed by atoms with Crippen molar-refractivity contribution >= 4 is 0 Å². The lowest BCUT2D eigenvalue weighted by Crippen LogP contribution is -2.46. The second-order valence-electron chi connectivity index (χ2n) is 5.05. The lowest BCUT2D eigenvalue weighted by molar-refractivity contribution is 0.0421. The summed E-state index contributed by atoms with van der Waals surface area (Å²) in [7, 11) is 0. The van der Waals surface area contributed by atoms with Crippen molar-refractivity contribution < 1.29 is 5.11 Å². The van der Waals surface area contributed by atoms with Gasteiger partial charge in [0, 0.05) is 43.5 Å². The molecule has 1 aromatic rings. The van der Waals surface area contributed by atoms with Crippen LogP contribution in [0.25, 0.3) is 0 Å². The van der Waals surface area contributed by atoms with E-state index in [-0.39, 0.29) is 5.41 Å². The van der Waals surface area contributed by atoms with Gasteiger partial charge in [0.1, 0.15) is 0 Å². The van der Waals surface area contributed by atoms with Crippen LogP contribution in [0.3, 0.4) is 0 Å². The molecule has 90 valence electrons. The molecule has 1 atom stereocenters. The van der Waals surface area contributed by atoms with E-state index in [9.17, 15) is 5.11 Å². The number of rotatable bonds is 6. The van der Waals surface area contributed by atoms with Crippen molar-refractivity contribution in [1.29, 1.82) is 0 Å². The van der Waals surface area contributed by atoms with E-state index in [0.29, 0.717) is 12.6 Å². The second kappa shape index (κ2) is 4.97. The molecule has 16 heavy (non-hydrogen) atoms. The highest BCUT2D eigenvalue weighted by Gasteiger charge is 2.36. The van der Waals surface area contributed by atoms with Crippen molar-refractivity contribution in [2.45, 2.75) is 38.8 Å². The van der Waals surface area contributed by atoms with E-state index in [1.807, 2.05) is 12.5 Å². The van der Waals surface area contributed by atoms with Crippen LogP contribution in [0.15, 0.2) is 18.7 Å². The zero-order valence-corrected chi connectivity index (χ0v) is 9.89. The van der Waals surface area contributed by atoms with Gasteiger partial charge in [0.2, 0.25) is 0 Å². The fourth-order valence-corrected chi connectivity index (χ4v) is 2.23. The minimum absolute atomic E-state index is 0.170. The number of aliphatic hydroxyl groups is 1. The SMILES string of the molecule is C[C@H](Cn1ccnc1)NCC1(CO)CCC1. The molecule has 2 rings (SSSR count). The van der Waals surface area contributed by atoms with Gasteiger partial charge in [0.25, 0.3) is 0 Å². The van der Waals surface area contributed by atoms with Crippen molar-refractivity contribution in [3.63, 3.8) is 0 Å². The van der Waals surface area contributed by atoms with Gasteiger partial charge in [-0.15, -0.1) is 0 Å². The fraction of sp³-hybridized carbons (Fsp3) is 0.750. The Kier molecular flexibility index (Phi) is 3.61. The number of hydrogen-bond donors (Lipinski definition) is 2. The predicted octanol–water partition coefficient (Wildman–Crippen LogP) is 1.02. The van der Waals surface area contributed by atoms with E-state index in [1.54, 1.807) is 6.20 Å². The van der Waals surface area contributed by atoms with Crippen LogP contribution in [-0.2, 0) is 6.54 Å². The van der Waals surface area contributed by atoms with Gasteiger partial charge in [-0.2, -0.15) is 0 Å². The summed E-state index contributed by atoms with van der Waals surface area (Å²) in [6, 6.07) is 0.415. The van der Waals surface area contributed by atoms with E-state index in [0.717, 1.165) is 25.9 Å². The highest BCUT2D eigenvalue weighted by Crippen LogP contribution is 2.39. The maximum Gasteiger partial charge on any atom is 0.0946 e. The molecule has 1 fully saturated rings. The van der Waals surface area contributed by atoms with E-state index < -0.39 is 0 Å². The maximum absolute atomic E-state index is 9.35. The van der Waals surface area contributed by atoms with Crippen molar-refractivity contribution in [1.82, 2.24) is 14.9 Å². The second-order valence-corrected chi connectivity index (χ2v) is 5.05. The molecule has 0 unspecified atom stereocenters. The summed E-state index contributed by atoms with van der Waals surface area (Å²) in [4.78, 5) is 4.02. The molecule has 0 aromatic carbocycles. The van der Waals surface area contributed by atoms with Crippen LogP contribution in [0, 0.1) is 5.41 Å². The average molecular weight is 223 g/mol. The highest BCUT2D eigenvalue weighted by atomic mass is 16.3. The quantitative estimate of drug-likeness (QED) is 0.757. The molecule has 1 heterocycles. The first-order valence-corrected chi connectivity index (χ1v) is 6.04. The molecule has 1 aromatic heterocycles. The van der Waals surface area contributed by atoms with Crippen molar-refractivity contribution in [3.05, 3.63) is 18.7 Å². The lowest BCUT2D eigenvalue weighted by Gasteiger charge is -2.41. The zero-order chi connectivity index (χ0) is 11.4. The number of imidazole rings is 1. The Hall–Kier alpha value is -0.870. The fourth-order valence-electron chi connectivity index (χ4n) is 2.23. The Bertz CT molecular complexity index is 301. The molecule has 1 aliphatic rings. The Balaban J connectivity index is 1.73. The molecule has 4 heteroatoms. The monoisotopic (exact) mass is 223 g/mol. The standard InChI is InChI=1S/C12H21N3O/c1-11(7-15-6-5-13-10-15)14-8-12(9-16)3-2-4-12/h5-6,10-11,14,16H,2-4,7-9H2,1H3/t11-/m1/s1. The van der Waals surface area contributed by atoms with Crippen LogP contribution in [0.2, 0.25) is 0 Å². The molecular weight excluding hydrogens is 202 g/mol. The molecule has 2 N–H and O–H groups in total. The molecule has 0 aliphatic heterocycles. The van der Waals surface area contributed by atoms with Gasteiger partial charge >= 0.3 is 0 Å². The van der Waals surface area contributed by atoms with E-state index in [2.05, 4.69) is 21.8 Å². The van der Waals surface area contributed by atoms with Gasteiger partial charge in [0.15, 0.2) is 0 Å². The van der Waals surface area contributed by atoms with Gasteiger partial charge in [-0.25, -0.2) is 4.98 Å². The number of nitrogens with zero attached hydrogens (tertiary/aromatic N) is 2. The highest BCUT2D eigenvalue weighted by molar-refractivity contribution is 4.89. The largest absolute Gasteiger partial charge is 0.396 e. The molecule has 1 aliphatic carbocycles. The first kappa shape index (κ1) is 11.6. The summed E-state index contributed by atoms with van der Waals surface area (Å²) in [6.07, 6.45) is 9.20. The molecule has 0 radical (unpaired) electrons. The summed E-state index contributed by atoms with van der Waals surface area (Å²) >= 11 is 0. The summed E-state index contributed by atoms with van der Waals surface area (Å²) < 4.78 is 2.07. The molecule has 1 saturated carbocycles. The third kappa shape index (κ3) is 2.62. The third-order valence-electron chi connectivity index (χ3n) is 3.62. The summed E-state index contributed by atoms with van der Waals surface area (Å²) in [6.45, 7) is 4.35. The normalized spacial score (nSPS) is 20.4. The Morgan fingerprint density at radius 3 is 2.88 bits per heavy atom. The lowest BCUT2D eigenvalue weighted by atomic mass is 9.69. The van der Waals surface area contributed by atoms with Gasteiger partial charge < -0.3 is 15.0 Å². The maximum atomic E-state index is 9.35. The molecule has 0 bridgehead atoms. The van der Waals surface area contributed by atoms with Crippen LogP contribution in [0.5, 0.6) is 0 Å². The first-order valence-electron chi connectivity index (χ1n) is 6.04. The Morgan fingerprint density at radius 1 is 1.56 bits per heavy atom. The van der Waals surface area contributed by atoms with Crippen molar-refractivity contribution in [2.75, 3.05) is 13.2 Å². The number of aromatic nitrogens is 2. The minimum atomic E-state index is 0.170. The Labute approximate surface area is 96.7 Å². The smallest absolute Gasteiger partial charge is 0.0946 e. The van der Waals surface area contributed by atoms with Crippen LogP contribution < -0.4 is 5.32 Å². The molecule has 0 spiro atoms. The van der Waals surface area contributed by atoms with E-state index in [4.69, 9.17) is 0 Å². The van der Waals surface area contributed by atoms with Crippen LogP contribution in [0.4, 0.5) is 0 Å². The Morgan fingerprint density at radius 2 is 2.38 bits per heavy atom. The topological polar surface area (TPSA) is 50.1 Å². The van der Waals surface area contributed by atoms with Crippen molar-refractivity contribution in [2.24, 2.45) is 5.41 Å². The van der Waals surface area contributed by atoms with Gasteiger partial charge in [0.05, 0.1) is 6.33 Å². The summed E-state index contributed by atoms with van der Waals surface area (Å²) in [5.74, 6) is 0. The summed E-state index contributed by atoms with van der Waals surface area (Å²) in [5, 5.41) is 12.9. The number of hydrogen-bond acceptors (Lipinski definition) is 3. The molecular formula is C12H21N3O. The number of nitrogens with one attached hydrogen (secondary N) is 1. The first-order chi connectivity index (χ1) is 7.74. The predicted molar refractivity (Wildman–Crippen MR) is 63.1 cm³/mol. The van der Waals surface area contributed by atoms with E-state index in [1.165, 1.54) is 6.42 Å². The van der Waals surface area contributed by atoms with Crippen LogP contribution >= 0.6 is 0 Å². The molecule has 0 amide bonds. The van der Waals surface area contributed by atoms with Gasteiger partial charge in [-0.3, -0.25) is 0 Å². The van der Waals surface area contributed by atoms with Crippen LogP contribution in [0.1, 0.15) is 26.2 Å². The molecule has 0 saturated heterocycles.